The summed E-state index contributed by atoms with van der Waals surface area (Å²) in [6, 6.07) is 17.8. The molecular weight excluding hydrogens is 540 g/mol. The van der Waals surface area contributed by atoms with Crippen molar-refractivity contribution in [3.63, 3.8) is 0 Å². The van der Waals surface area contributed by atoms with E-state index in [0.29, 0.717) is 22.5 Å². The highest BCUT2D eigenvalue weighted by atomic mass is 79.9. The summed E-state index contributed by atoms with van der Waals surface area (Å²) in [7, 11) is 0. The van der Waals surface area contributed by atoms with Gasteiger partial charge in [-0.1, -0.05) is 44.0 Å². The first kappa shape index (κ1) is 20.7. The molecule has 3 aromatic carbocycles. The van der Waals surface area contributed by atoms with E-state index in [1.165, 1.54) is 0 Å². The Balaban J connectivity index is 1.41. The molecule has 0 saturated heterocycles. The monoisotopic (exact) mass is 552 g/mol. The molecule has 0 bridgehead atoms. The minimum atomic E-state index is -0.633. The number of allylic oxidation sites excluding steroid dienone is 1. The summed E-state index contributed by atoms with van der Waals surface area (Å²) >= 11 is 6.79. The Morgan fingerprint density at radius 2 is 1.72 bits per heavy atom. The quantitative estimate of drug-likeness (QED) is 0.154. The third-order valence-corrected chi connectivity index (χ3v) is 6.02. The minimum Gasteiger partial charge on any atom is -0.452 e. The number of rotatable bonds is 3. The molecule has 1 aromatic heterocycles. The molecule has 158 valence electrons. The van der Waals surface area contributed by atoms with E-state index in [-0.39, 0.29) is 23.1 Å². The number of carbonyl (C=O) groups excluding carboxylic acids is 2. The Kier molecular flexibility index (Phi) is 5.23. The topological polar surface area (TPSA) is 65.7 Å². The van der Waals surface area contributed by atoms with Crippen LogP contribution in [0.3, 0.4) is 0 Å². The molecule has 2 heterocycles. The molecular formula is C25H14Br2O5. The Labute approximate surface area is 199 Å². The van der Waals surface area contributed by atoms with Crippen molar-refractivity contribution in [2.45, 2.75) is 6.92 Å². The summed E-state index contributed by atoms with van der Waals surface area (Å²) in [5.41, 5.74) is 2.54. The average Bonchev–Trinajstić information content (AvgIpc) is 3.30. The van der Waals surface area contributed by atoms with Crippen LogP contribution in [0.25, 0.3) is 17.0 Å². The van der Waals surface area contributed by atoms with Crippen molar-refractivity contribution in [1.82, 2.24) is 0 Å². The van der Waals surface area contributed by atoms with Gasteiger partial charge in [0.15, 0.2) is 5.76 Å². The van der Waals surface area contributed by atoms with Gasteiger partial charge in [-0.2, -0.15) is 0 Å². The number of halogens is 2. The number of carbonyl (C=O) groups is 2. The zero-order chi connectivity index (χ0) is 22.4. The van der Waals surface area contributed by atoms with Gasteiger partial charge in [0.25, 0.3) is 0 Å². The predicted octanol–water partition coefficient (Wildman–Crippen LogP) is 7.10. The lowest BCUT2D eigenvalue weighted by molar-refractivity contribution is 0.0703. The van der Waals surface area contributed by atoms with Gasteiger partial charge in [0, 0.05) is 20.4 Å². The highest BCUT2D eigenvalue weighted by Gasteiger charge is 2.30. The molecule has 32 heavy (non-hydrogen) atoms. The molecule has 0 saturated carbocycles. The van der Waals surface area contributed by atoms with Crippen LogP contribution in [0.15, 0.2) is 79.8 Å². The van der Waals surface area contributed by atoms with E-state index in [4.69, 9.17) is 13.9 Å². The van der Waals surface area contributed by atoms with E-state index in [1.54, 1.807) is 37.3 Å². The summed E-state index contributed by atoms with van der Waals surface area (Å²) in [6.45, 7) is 1.78. The van der Waals surface area contributed by atoms with Gasteiger partial charge in [0.05, 0.1) is 5.56 Å². The second-order valence-corrected chi connectivity index (χ2v) is 9.12. The van der Waals surface area contributed by atoms with E-state index >= 15 is 0 Å². The molecule has 0 unspecified atom stereocenters. The van der Waals surface area contributed by atoms with E-state index in [2.05, 4.69) is 31.9 Å². The summed E-state index contributed by atoms with van der Waals surface area (Å²) in [4.78, 5) is 25.5. The number of fused-ring (bicyclic) bond motifs is 2. The van der Waals surface area contributed by atoms with Gasteiger partial charge < -0.3 is 13.9 Å². The number of aryl methyl sites for hydroxylation is 1. The fourth-order valence-corrected chi connectivity index (χ4v) is 4.16. The van der Waals surface area contributed by atoms with Gasteiger partial charge in [-0.05, 0) is 66.6 Å². The molecule has 5 nitrogen and oxygen atoms in total. The number of ketones is 1. The largest absolute Gasteiger partial charge is 0.452 e. The van der Waals surface area contributed by atoms with E-state index in [0.717, 1.165) is 19.9 Å². The van der Waals surface area contributed by atoms with Gasteiger partial charge in [0.1, 0.15) is 17.1 Å². The number of esters is 1. The second kappa shape index (κ2) is 8.07. The van der Waals surface area contributed by atoms with Gasteiger partial charge in [0.2, 0.25) is 11.5 Å². The van der Waals surface area contributed by atoms with Crippen LogP contribution in [-0.4, -0.2) is 11.8 Å². The molecule has 1 aliphatic rings. The third-order valence-electron chi connectivity index (χ3n) is 5.00. The Morgan fingerprint density at radius 3 is 2.50 bits per heavy atom. The van der Waals surface area contributed by atoms with E-state index in [1.807, 2.05) is 36.4 Å². The highest BCUT2D eigenvalue weighted by molar-refractivity contribution is 9.10. The molecule has 0 fully saturated rings. The zero-order valence-corrected chi connectivity index (χ0v) is 19.8. The maximum Gasteiger partial charge on any atom is 0.379 e. The Morgan fingerprint density at radius 1 is 0.969 bits per heavy atom. The fourth-order valence-electron chi connectivity index (χ4n) is 3.52. The second-order valence-electron chi connectivity index (χ2n) is 7.29. The predicted molar refractivity (Wildman–Crippen MR) is 127 cm³/mol. The van der Waals surface area contributed by atoms with Crippen molar-refractivity contribution < 1.29 is 23.5 Å². The van der Waals surface area contributed by atoms with Gasteiger partial charge in [-0.25, -0.2) is 4.79 Å². The smallest absolute Gasteiger partial charge is 0.379 e. The van der Waals surface area contributed by atoms with Crippen LogP contribution in [0.2, 0.25) is 0 Å². The fraction of sp³-hybridized carbons (Fsp3) is 0.0400. The third kappa shape index (κ3) is 3.89. The van der Waals surface area contributed by atoms with Crippen molar-refractivity contribution in [3.05, 3.63) is 97.8 Å². The standard InChI is InChI=1S/C25H14Br2O5/c1-13-8-18(30-25(29)22-11-15-10-17(27)6-7-19(15)31-22)12-20-23(13)24(28)21(32-20)9-14-2-4-16(26)5-3-14/h2-12H,1H3/b21-9-. The van der Waals surface area contributed by atoms with Gasteiger partial charge in [-0.3, -0.25) is 4.79 Å². The van der Waals surface area contributed by atoms with Crippen LogP contribution in [0, 0.1) is 6.92 Å². The minimum absolute atomic E-state index is 0.0871. The first-order chi connectivity index (χ1) is 15.4. The summed E-state index contributed by atoms with van der Waals surface area (Å²) < 4.78 is 18.7. The van der Waals surface area contributed by atoms with E-state index < -0.39 is 5.97 Å². The van der Waals surface area contributed by atoms with Crippen LogP contribution in [-0.2, 0) is 0 Å². The lowest BCUT2D eigenvalue weighted by Gasteiger charge is -2.06. The van der Waals surface area contributed by atoms with Crippen LogP contribution in [0.1, 0.15) is 32.0 Å². The Bertz CT molecular complexity index is 1430. The molecule has 0 aliphatic carbocycles. The number of Topliss-reactive ketones (excluding diaryl/α,β-unsaturated/α-hetero) is 1. The lowest BCUT2D eigenvalue weighted by Crippen LogP contribution is -2.07. The summed E-state index contributed by atoms with van der Waals surface area (Å²) in [6.07, 6.45) is 1.69. The molecule has 5 rings (SSSR count). The molecule has 0 atom stereocenters. The molecule has 0 spiro atoms. The van der Waals surface area contributed by atoms with Crippen LogP contribution >= 0.6 is 31.9 Å². The molecule has 0 radical (unpaired) electrons. The number of ether oxygens (including phenoxy) is 2. The van der Waals surface area contributed by atoms with Crippen molar-refractivity contribution in [3.8, 4) is 11.5 Å². The van der Waals surface area contributed by atoms with Crippen LogP contribution in [0.4, 0.5) is 0 Å². The van der Waals surface area contributed by atoms with Crippen molar-refractivity contribution in [2.24, 2.45) is 0 Å². The molecule has 0 amide bonds. The molecule has 7 heteroatoms. The maximum atomic E-state index is 12.8. The van der Waals surface area contributed by atoms with Crippen molar-refractivity contribution >= 4 is 60.7 Å². The first-order valence-corrected chi connectivity index (χ1v) is 11.2. The SMILES string of the molecule is Cc1cc(OC(=O)c2cc3cc(Br)ccc3o2)cc2c1C(=O)/C(=C/c1ccc(Br)cc1)O2. The lowest BCUT2D eigenvalue weighted by atomic mass is 10.0. The van der Waals surface area contributed by atoms with Crippen molar-refractivity contribution in [1.29, 1.82) is 0 Å². The summed E-state index contributed by atoms with van der Waals surface area (Å²) in [5, 5.41) is 0.785. The molecule has 4 aromatic rings. The van der Waals surface area contributed by atoms with Gasteiger partial charge >= 0.3 is 5.97 Å². The van der Waals surface area contributed by atoms with Crippen molar-refractivity contribution in [2.75, 3.05) is 0 Å². The number of benzene rings is 3. The van der Waals surface area contributed by atoms with Crippen LogP contribution < -0.4 is 9.47 Å². The van der Waals surface area contributed by atoms with E-state index in [9.17, 15) is 9.59 Å². The summed E-state index contributed by atoms with van der Waals surface area (Å²) in [5.74, 6) is 0.0916. The van der Waals surface area contributed by atoms with Gasteiger partial charge in [-0.15, -0.1) is 0 Å². The number of furan rings is 1. The number of hydrogen-bond acceptors (Lipinski definition) is 5. The Hall–Kier alpha value is -3.16. The zero-order valence-electron chi connectivity index (χ0n) is 16.6. The normalized spacial score (nSPS) is 14.0. The average molecular weight is 554 g/mol. The first-order valence-electron chi connectivity index (χ1n) is 9.63. The molecule has 0 N–H and O–H groups in total. The number of hydrogen-bond donors (Lipinski definition) is 0. The highest BCUT2D eigenvalue weighted by Crippen LogP contribution is 2.38. The maximum absolute atomic E-state index is 12.8. The molecule has 1 aliphatic heterocycles. The van der Waals surface area contributed by atoms with Crippen LogP contribution in [0.5, 0.6) is 11.5 Å².